The summed E-state index contributed by atoms with van der Waals surface area (Å²) < 4.78 is 5.28. The summed E-state index contributed by atoms with van der Waals surface area (Å²) in [6, 6.07) is 9.92. The van der Waals surface area contributed by atoms with Crippen LogP contribution in [0, 0.1) is 0 Å². The topological polar surface area (TPSA) is 26.3 Å². The van der Waals surface area contributed by atoms with E-state index in [0.717, 1.165) is 12.0 Å². The first-order chi connectivity index (χ1) is 8.53. The highest BCUT2D eigenvalue weighted by molar-refractivity contribution is 5.82. The Hall–Kier alpha value is -1.83. The number of rotatable bonds is 5. The van der Waals surface area contributed by atoms with Crippen LogP contribution in [0.2, 0.25) is 0 Å². The Morgan fingerprint density at radius 3 is 2.50 bits per heavy atom. The van der Waals surface area contributed by atoms with Gasteiger partial charge in [-0.05, 0) is 25.8 Å². The lowest BCUT2D eigenvalue weighted by molar-refractivity contribution is -0.150. The monoisotopic (exact) mass is 244 g/mol. The first-order valence-corrected chi connectivity index (χ1v) is 6.16. The maximum Gasteiger partial charge on any atom is 0.331 e. The lowest BCUT2D eigenvalue weighted by atomic mass is 10.1. The van der Waals surface area contributed by atoms with E-state index in [0.29, 0.717) is 0 Å². The molecule has 0 unspecified atom stereocenters. The minimum atomic E-state index is -0.398. The van der Waals surface area contributed by atoms with Gasteiger partial charge in [-0.1, -0.05) is 55.5 Å². The molecule has 0 saturated heterocycles. The normalized spacial score (nSPS) is 12.2. The molecule has 1 rings (SSSR count). The Morgan fingerprint density at radius 1 is 1.22 bits per heavy atom. The van der Waals surface area contributed by atoms with E-state index in [2.05, 4.69) is 0 Å². The molecule has 18 heavy (non-hydrogen) atoms. The zero-order chi connectivity index (χ0) is 13.4. The summed E-state index contributed by atoms with van der Waals surface area (Å²) in [4.78, 5) is 11.5. The highest BCUT2D eigenvalue weighted by Crippen LogP contribution is 2.13. The van der Waals surface area contributed by atoms with Crippen LogP contribution in [0.5, 0.6) is 0 Å². The van der Waals surface area contributed by atoms with Gasteiger partial charge in [0.1, 0.15) is 5.60 Å². The van der Waals surface area contributed by atoms with Crippen molar-refractivity contribution in [1.82, 2.24) is 0 Å². The molecule has 0 heterocycles. The van der Waals surface area contributed by atoms with Crippen molar-refractivity contribution in [2.45, 2.75) is 32.8 Å². The molecular formula is C16H20O2. The van der Waals surface area contributed by atoms with Crippen LogP contribution in [-0.4, -0.2) is 11.6 Å². The van der Waals surface area contributed by atoms with Crippen LogP contribution >= 0.6 is 0 Å². The fourth-order valence-corrected chi connectivity index (χ4v) is 1.24. The van der Waals surface area contributed by atoms with Crippen LogP contribution in [0.15, 0.2) is 48.6 Å². The van der Waals surface area contributed by atoms with Gasteiger partial charge in [0.25, 0.3) is 0 Å². The molecule has 2 nitrogen and oxygen atoms in total. The number of ether oxygens (including phenoxy) is 1. The summed E-state index contributed by atoms with van der Waals surface area (Å²) >= 11 is 0. The maximum absolute atomic E-state index is 11.5. The second-order valence-corrected chi connectivity index (χ2v) is 4.66. The van der Waals surface area contributed by atoms with E-state index in [1.54, 1.807) is 6.08 Å². The fourth-order valence-electron chi connectivity index (χ4n) is 1.24. The predicted molar refractivity (Wildman–Crippen MR) is 75.1 cm³/mol. The van der Waals surface area contributed by atoms with Gasteiger partial charge in [-0.25, -0.2) is 4.79 Å². The molecule has 1 aromatic carbocycles. The zero-order valence-corrected chi connectivity index (χ0v) is 11.2. The van der Waals surface area contributed by atoms with E-state index in [4.69, 9.17) is 4.74 Å². The molecule has 0 aliphatic carbocycles. The van der Waals surface area contributed by atoms with Crippen molar-refractivity contribution in [2.24, 2.45) is 0 Å². The van der Waals surface area contributed by atoms with Gasteiger partial charge in [0.05, 0.1) is 0 Å². The Bertz CT molecular complexity index is 428. The molecule has 0 saturated carbocycles. The molecule has 96 valence electrons. The highest BCUT2D eigenvalue weighted by atomic mass is 16.6. The molecule has 0 bridgehead atoms. The highest BCUT2D eigenvalue weighted by Gasteiger charge is 2.18. The number of esters is 1. The average molecular weight is 244 g/mol. The Labute approximate surface area is 109 Å². The molecule has 0 fully saturated rings. The van der Waals surface area contributed by atoms with Crippen molar-refractivity contribution in [3.63, 3.8) is 0 Å². The summed E-state index contributed by atoms with van der Waals surface area (Å²) in [5, 5.41) is 0. The van der Waals surface area contributed by atoms with E-state index in [1.165, 1.54) is 6.08 Å². The average Bonchev–Trinajstić information content (AvgIpc) is 2.35. The van der Waals surface area contributed by atoms with Crippen molar-refractivity contribution in [2.75, 3.05) is 0 Å². The van der Waals surface area contributed by atoms with Gasteiger partial charge in [0.2, 0.25) is 0 Å². The Kier molecular flexibility index (Phi) is 5.37. The van der Waals surface area contributed by atoms with Crippen LogP contribution in [0.1, 0.15) is 32.8 Å². The van der Waals surface area contributed by atoms with Gasteiger partial charge < -0.3 is 4.74 Å². The van der Waals surface area contributed by atoms with Crippen LogP contribution in [0.25, 0.3) is 6.08 Å². The van der Waals surface area contributed by atoms with E-state index < -0.39 is 5.60 Å². The molecule has 1 aromatic rings. The molecular weight excluding hydrogens is 224 g/mol. The largest absolute Gasteiger partial charge is 0.457 e. The molecule has 0 aliphatic rings. The van der Waals surface area contributed by atoms with Crippen molar-refractivity contribution in [1.29, 1.82) is 0 Å². The summed E-state index contributed by atoms with van der Waals surface area (Å²) in [5.74, 6) is -0.306. The summed E-state index contributed by atoms with van der Waals surface area (Å²) in [5.41, 5.74) is 0.703. The smallest absolute Gasteiger partial charge is 0.331 e. The molecule has 0 atom stereocenters. The fraction of sp³-hybridized carbons (Fsp3) is 0.312. The van der Waals surface area contributed by atoms with Crippen LogP contribution in [-0.2, 0) is 9.53 Å². The third-order valence-electron chi connectivity index (χ3n) is 2.66. The third-order valence-corrected chi connectivity index (χ3v) is 2.66. The zero-order valence-electron chi connectivity index (χ0n) is 11.2. The van der Waals surface area contributed by atoms with Crippen LogP contribution in [0.3, 0.4) is 0 Å². The summed E-state index contributed by atoms with van der Waals surface area (Å²) in [6.07, 6.45) is 7.70. The lowest BCUT2D eigenvalue weighted by Gasteiger charge is -2.22. The molecule has 0 spiro atoms. The second kappa shape index (κ2) is 6.80. The SMILES string of the molecule is CCC(C)(C)OC(=O)/C=C/C=C/c1ccccc1. The van der Waals surface area contributed by atoms with E-state index in [1.807, 2.05) is 63.3 Å². The Morgan fingerprint density at radius 2 is 1.89 bits per heavy atom. The molecule has 2 heteroatoms. The van der Waals surface area contributed by atoms with Gasteiger partial charge in [-0.2, -0.15) is 0 Å². The number of benzene rings is 1. The van der Waals surface area contributed by atoms with Crippen LogP contribution < -0.4 is 0 Å². The minimum Gasteiger partial charge on any atom is -0.457 e. The quantitative estimate of drug-likeness (QED) is 0.445. The molecule has 0 N–H and O–H groups in total. The number of hydrogen-bond donors (Lipinski definition) is 0. The summed E-state index contributed by atoms with van der Waals surface area (Å²) in [6.45, 7) is 5.80. The van der Waals surface area contributed by atoms with Gasteiger partial charge in [0, 0.05) is 6.08 Å². The van der Waals surface area contributed by atoms with Crippen LogP contribution in [0.4, 0.5) is 0 Å². The number of allylic oxidation sites excluding steroid dienone is 2. The summed E-state index contributed by atoms with van der Waals surface area (Å²) in [7, 11) is 0. The van der Waals surface area contributed by atoms with E-state index in [9.17, 15) is 4.79 Å². The van der Waals surface area contributed by atoms with Crippen molar-refractivity contribution in [3.05, 3.63) is 54.1 Å². The second-order valence-electron chi connectivity index (χ2n) is 4.66. The maximum atomic E-state index is 11.5. The third kappa shape index (κ3) is 5.48. The van der Waals surface area contributed by atoms with E-state index >= 15 is 0 Å². The van der Waals surface area contributed by atoms with Gasteiger partial charge >= 0.3 is 5.97 Å². The Balaban J connectivity index is 2.46. The molecule has 0 amide bonds. The van der Waals surface area contributed by atoms with Gasteiger partial charge in [-0.15, -0.1) is 0 Å². The van der Waals surface area contributed by atoms with Crippen molar-refractivity contribution in [3.8, 4) is 0 Å². The minimum absolute atomic E-state index is 0.306. The number of carbonyl (C=O) groups is 1. The van der Waals surface area contributed by atoms with Crippen molar-refractivity contribution < 1.29 is 9.53 Å². The molecule has 0 aliphatic heterocycles. The molecule has 0 aromatic heterocycles. The standard InChI is InChI=1S/C16H20O2/c1-4-16(2,3)18-15(17)13-9-8-12-14-10-6-5-7-11-14/h5-13H,4H2,1-3H3/b12-8+,13-9+. The first-order valence-electron chi connectivity index (χ1n) is 6.16. The van der Waals surface area contributed by atoms with Gasteiger partial charge in [0.15, 0.2) is 0 Å². The first kappa shape index (κ1) is 14.2. The van der Waals surface area contributed by atoms with Gasteiger partial charge in [-0.3, -0.25) is 0 Å². The number of hydrogen-bond acceptors (Lipinski definition) is 2. The number of carbonyl (C=O) groups excluding carboxylic acids is 1. The predicted octanol–water partition coefficient (Wildman–Crippen LogP) is 3.99. The van der Waals surface area contributed by atoms with Crippen molar-refractivity contribution >= 4 is 12.0 Å². The molecule has 0 radical (unpaired) electrons. The lowest BCUT2D eigenvalue weighted by Crippen LogP contribution is -2.25. The van der Waals surface area contributed by atoms with E-state index in [-0.39, 0.29) is 5.97 Å².